The van der Waals surface area contributed by atoms with Gasteiger partial charge in [-0.25, -0.2) is 4.79 Å². The van der Waals surface area contributed by atoms with Crippen molar-refractivity contribution in [2.24, 2.45) is 0 Å². The Morgan fingerprint density at radius 3 is 2.80 bits per heavy atom. The van der Waals surface area contributed by atoms with Crippen molar-refractivity contribution in [3.05, 3.63) is 24.5 Å². The minimum absolute atomic E-state index is 0.410. The number of thioether (sulfide) groups is 1. The number of aromatic nitrogens is 1. The van der Waals surface area contributed by atoms with Crippen LogP contribution >= 0.6 is 11.8 Å². The van der Waals surface area contributed by atoms with Gasteiger partial charge in [0.1, 0.15) is 0 Å². The smallest absolute Gasteiger partial charge is 0.333 e. The van der Waals surface area contributed by atoms with Crippen LogP contribution < -0.4 is 0 Å². The molecule has 1 N–H and O–H groups in total. The van der Waals surface area contributed by atoms with Gasteiger partial charge in [0.2, 0.25) is 0 Å². The third kappa shape index (κ3) is 4.31. The molecule has 0 aliphatic rings. The summed E-state index contributed by atoms with van der Waals surface area (Å²) < 4.78 is 5.09. The topological polar surface area (TPSA) is 59.4 Å². The maximum absolute atomic E-state index is 10.8. The first kappa shape index (κ1) is 12.0. The highest BCUT2D eigenvalue weighted by Crippen LogP contribution is 2.18. The molecule has 0 amide bonds. The number of rotatable bonds is 6. The van der Waals surface area contributed by atoms with Crippen LogP contribution in [0.2, 0.25) is 0 Å². The Labute approximate surface area is 92.7 Å². The van der Waals surface area contributed by atoms with Crippen molar-refractivity contribution in [3.63, 3.8) is 0 Å². The summed E-state index contributed by atoms with van der Waals surface area (Å²) in [5.41, 5.74) is 0. The summed E-state index contributed by atoms with van der Waals surface area (Å²) >= 11 is 1.45. The lowest BCUT2D eigenvalue weighted by Crippen LogP contribution is -2.26. The number of ether oxygens (including phenoxy) is 1. The van der Waals surface area contributed by atoms with E-state index in [-0.39, 0.29) is 0 Å². The van der Waals surface area contributed by atoms with Crippen LogP contribution in [0.1, 0.15) is 6.92 Å². The van der Waals surface area contributed by atoms with Crippen molar-refractivity contribution in [1.82, 2.24) is 4.98 Å². The van der Waals surface area contributed by atoms with Crippen LogP contribution in [0.4, 0.5) is 0 Å². The summed E-state index contributed by atoms with van der Waals surface area (Å²) in [5.74, 6) is -0.508. The lowest BCUT2D eigenvalue weighted by atomic mass is 10.4. The number of hydrogen-bond donors (Lipinski definition) is 1. The van der Waals surface area contributed by atoms with Crippen LogP contribution in [0.15, 0.2) is 29.4 Å². The lowest BCUT2D eigenvalue weighted by Gasteiger charge is -2.11. The molecular formula is C10H13NO3S. The van der Waals surface area contributed by atoms with Gasteiger partial charge in [0.15, 0.2) is 6.10 Å². The predicted molar refractivity (Wildman–Crippen MR) is 58.0 cm³/mol. The molecule has 0 fully saturated rings. The molecule has 0 bridgehead atoms. The fourth-order valence-electron chi connectivity index (χ4n) is 0.998. The van der Waals surface area contributed by atoms with Crippen LogP contribution in [0, 0.1) is 0 Å². The van der Waals surface area contributed by atoms with E-state index in [1.807, 2.05) is 12.1 Å². The summed E-state index contributed by atoms with van der Waals surface area (Å²) in [6.07, 6.45) is 2.62. The molecule has 4 nitrogen and oxygen atoms in total. The number of nitrogens with zero attached hydrogens (tertiary/aromatic N) is 1. The number of pyridine rings is 1. The highest BCUT2D eigenvalue weighted by molar-refractivity contribution is 7.99. The van der Waals surface area contributed by atoms with Gasteiger partial charge in [-0.15, -0.1) is 11.8 Å². The number of aliphatic carboxylic acids is 1. The molecule has 0 saturated heterocycles. The first-order valence-corrected chi connectivity index (χ1v) is 5.59. The average Bonchev–Trinajstić information content (AvgIpc) is 2.25. The van der Waals surface area contributed by atoms with E-state index < -0.39 is 12.1 Å². The van der Waals surface area contributed by atoms with Gasteiger partial charge >= 0.3 is 5.97 Å². The molecule has 5 heteroatoms. The molecule has 1 rings (SSSR count). The zero-order chi connectivity index (χ0) is 11.1. The molecular weight excluding hydrogens is 214 g/mol. The highest BCUT2D eigenvalue weighted by Gasteiger charge is 2.17. The molecule has 0 saturated carbocycles. The van der Waals surface area contributed by atoms with Crippen molar-refractivity contribution in [2.75, 3.05) is 12.4 Å². The Balaban J connectivity index is 2.43. The molecule has 0 aromatic carbocycles. The molecule has 1 unspecified atom stereocenters. The zero-order valence-corrected chi connectivity index (χ0v) is 9.24. The normalized spacial score (nSPS) is 12.3. The van der Waals surface area contributed by atoms with Gasteiger partial charge < -0.3 is 9.84 Å². The molecule has 82 valence electrons. The summed E-state index contributed by atoms with van der Waals surface area (Å²) in [6, 6.07) is 3.69. The highest BCUT2D eigenvalue weighted by atomic mass is 32.2. The Kier molecular flexibility index (Phi) is 5.14. The minimum Gasteiger partial charge on any atom is -0.479 e. The maximum atomic E-state index is 10.8. The zero-order valence-electron chi connectivity index (χ0n) is 8.42. The van der Waals surface area contributed by atoms with Crippen molar-refractivity contribution in [1.29, 1.82) is 0 Å². The van der Waals surface area contributed by atoms with E-state index in [1.165, 1.54) is 11.8 Å². The van der Waals surface area contributed by atoms with Crippen LogP contribution in [-0.2, 0) is 9.53 Å². The first-order chi connectivity index (χ1) is 7.24. The van der Waals surface area contributed by atoms with Crippen molar-refractivity contribution in [3.8, 4) is 0 Å². The van der Waals surface area contributed by atoms with E-state index in [9.17, 15) is 4.79 Å². The number of carboxylic acids is 1. The second-order valence-corrected chi connectivity index (χ2v) is 3.87. The van der Waals surface area contributed by atoms with Gasteiger partial charge in [-0.2, -0.15) is 0 Å². The van der Waals surface area contributed by atoms with Crippen LogP contribution in [0.25, 0.3) is 0 Å². The molecule has 1 heterocycles. The van der Waals surface area contributed by atoms with E-state index in [1.54, 1.807) is 19.3 Å². The van der Waals surface area contributed by atoms with E-state index in [4.69, 9.17) is 9.84 Å². The van der Waals surface area contributed by atoms with E-state index in [2.05, 4.69) is 4.98 Å². The van der Waals surface area contributed by atoms with Crippen molar-refractivity contribution >= 4 is 17.7 Å². The van der Waals surface area contributed by atoms with E-state index in [0.29, 0.717) is 12.4 Å². The molecule has 0 aliphatic heterocycles. The lowest BCUT2D eigenvalue weighted by molar-refractivity contribution is -0.148. The number of carboxylic acid groups (broad SMARTS) is 1. The quantitative estimate of drug-likeness (QED) is 0.749. The van der Waals surface area contributed by atoms with Crippen molar-refractivity contribution in [2.45, 2.75) is 17.9 Å². The molecule has 1 aromatic rings. The van der Waals surface area contributed by atoms with Gasteiger partial charge in [0.25, 0.3) is 0 Å². The van der Waals surface area contributed by atoms with Gasteiger partial charge in [-0.1, -0.05) is 0 Å². The van der Waals surface area contributed by atoms with Crippen molar-refractivity contribution < 1.29 is 14.6 Å². The fraction of sp³-hybridized carbons (Fsp3) is 0.400. The van der Waals surface area contributed by atoms with Crippen LogP contribution in [-0.4, -0.2) is 34.5 Å². The summed E-state index contributed by atoms with van der Waals surface area (Å²) in [4.78, 5) is 15.6. The third-order valence-electron chi connectivity index (χ3n) is 1.69. The first-order valence-electron chi connectivity index (χ1n) is 4.61. The Bertz CT molecular complexity index is 305. The van der Waals surface area contributed by atoms with E-state index in [0.717, 1.165) is 4.90 Å². The average molecular weight is 227 g/mol. The van der Waals surface area contributed by atoms with Gasteiger partial charge in [-0.3, -0.25) is 4.98 Å². The summed E-state index contributed by atoms with van der Waals surface area (Å²) in [7, 11) is 0. The molecule has 0 radical (unpaired) electrons. The monoisotopic (exact) mass is 227 g/mol. The van der Waals surface area contributed by atoms with Crippen LogP contribution in [0.3, 0.4) is 0 Å². The Morgan fingerprint density at radius 1 is 1.60 bits per heavy atom. The van der Waals surface area contributed by atoms with E-state index >= 15 is 0 Å². The molecule has 1 atom stereocenters. The maximum Gasteiger partial charge on any atom is 0.333 e. The molecule has 1 aromatic heterocycles. The summed E-state index contributed by atoms with van der Waals surface area (Å²) in [6.45, 7) is 2.20. The Hall–Kier alpha value is -1.07. The molecule has 0 spiro atoms. The van der Waals surface area contributed by atoms with Gasteiger partial charge in [0, 0.05) is 29.6 Å². The summed E-state index contributed by atoms with van der Waals surface area (Å²) in [5, 5.41) is 8.83. The largest absolute Gasteiger partial charge is 0.479 e. The predicted octanol–water partition coefficient (Wildman–Crippen LogP) is 1.66. The standard InChI is InChI=1S/C10H13NO3S/c1-2-14-9(10(12)13)7-15-8-3-5-11-6-4-8/h3-6,9H,2,7H2,1H3,(H,12,13). The number of carbonyl (C=O) groups is 1. The van der Waals surface area contributed by atoms with Crippen LogP contribution in [0.5, 0.6) is 0 Å². The SMILES string of the molecule is CCOC(CSc1ccncc1)C(=O)O. The van der Waals surface area contributed by atoms with Gasteiger partial charge in [0.05, 0.1) is 0 Å². The second-order valence-electron chi connectivity index (χ2n) is 2.78. The fourth-order valence-corrected chi connectivity index (χ4v) is 1.90. The van der Waals surface area contributed by atoms with Gasteiger partial charge in [-0.05, 0) is 19.1 Å². The minimum atomic E-state index is -0.918. The number of hydrogen-bond acceptors (Lipinski definition) is 4. The molecule has 0 aliphatic carbocycles. The molecule has 15 heavy (non-hydrogen) atoms. The second kappa shape index (κ2) is 6.42. The Morgan fingerprint density at radius 2 is 2.27 bits per heavy atom. The third-order valence-corrected chi connectivity index (χ3v) is 2.77.